The lowest BCUT2D eigenvalue weighted by Crippen LogP contribution is -2.50. The molecule has 1 saturated heterocycles. The summed E-state index contributed by atoms with van der Waals surface area (Å²) in [5.74, 6) is 0.471. The van der Waals surface area contributed by atoms with Gasteiger partial charge in [0.25, 0.3) is 0 Å². The van der Waals surface area contributed by atoms with Gasteiger partial charge in [-0.25, -0.2) is 0 Å². The summed E-state index contributed by atoms with van der Waals surface area (Å²) in [5, 5.41) is 6.97. The van der Waals surface area contributed by atoms with Crippen molar-refractivity contribution in [1.29, 1.82) is 0 Å². The highest BCUT2D eigenvalue weighted by atomic mass is 35.5. The van der Waals surface area contributed by atoms with Crippen LogP contribution in [0.4, 0.5) is 5.69 Å². The normalized spacial score (nSPS) is 22.4. The molecule has 0 spiro atoms. The predicted octanol–water partition coefficient (Wildman–Crippen LogP) is 3.66. The van der Waals surface area contributed by atoms with Gasteiger partial charge in [0.15, 0.2) is 0 Å². The summed E-state index contributed by atoms with van der Waals surface area (Å²) in [6, 6.07) is 18.1. The van der Waals surface area contributed by atoms with Gasteiger partial charge in [-0.05, 0) is 22.8 Å². The molecule has 0 saturated carbocycles. The number of halogens is 2. The number of fused-ring (bicyclic) bond motifs is 3. The smallest absolute Gasteiger partial charge is 0.0496 e. The van der Waals surface area contributed by atoms with Gasteiger partial charge in [0.1, 0.15) is 0 Å². The van der Waals surface area contributed by atoms with E-state index in [0.29, 0.717) is 12.0 Å². The van der Waals surface area contributed by atoms with Crippen LogP contribution in [0.1, 0.15) is 28.7 Å². The molecule has 2 N–H and O–H groups in total. The average molecular weight is 366 g/mol. The average Bonchev–Trinajstić information content (AvgIpc) is 2.61. The van der Waals surface area contributed by atoms with E-state index in [1.807, 2.05) is 7.05 Å². The Bertz CT molecular complexity index is 663. The molecule has 0 aliphatic carbocycles. The predicted molar refractivity (Wildman–Crippen MR) is 106 cm³/mol. The Morgan fingerprint density at radius 3 is 2.58 bits per heavy atom. The molecule has 4 rings (SSSR count). The molecule has 2 aliphatic rings. The number of rotatable bonds is 2. The first-order chi connectivity index (χ1) is 10.9. The molecule has 0 aromatic heterocycles. The maximum Gasteiger partial charge on any atom is 0.0496 e. The Morgan fingerprint density at radius 2 is 1.83 bits per heavy atom. The Hall–Kier alpha value is -1.26. The molecule has 130 valence electrons. The highest BCUT2D eigenvalue weighted by Crippen LogP contribution is 2.42. The first-order valence-corrected chi connectivity index (χ1v) is 8.18. The summed E-state index contributed by atoms with van der Waals surface area (Å²) in [7, 11) is 2.03. The molecule has 2 heterocycles. The standard InChI is InChI=1S/C19H23N3.2ClH/c1-20-17-9-5-8-15-16(14-6-3-2-4-7-14)13-22-11-10-21-12-18(22)19(15)17;;/h2-9,16,18,20-21H,10-13H2,1H3;2*1H/t16-,18-;;/m1../s1. The van der Waals surface area contributed by atoms with Crippen molar-refractivity contribution in [3.63, 3.8) is 0 Å². The Kier molecular flexibility index (Phi) is 6.53. The molecule has 0 unspecified atom stereocenters. The molecular formula is C19H25Cl2N3. The van der Waals surface area contributed by atoms with Crippen molar-refractivity contribution in [3.8, 4) is 0 Å². The van der Waals surface area contributed by atoms with Crippen molar-refractivity contribution in [1.82, 2.24) is 10.2 Å². The molecular weight excluding hydrogens is 341 g/mol. The second-order valence-electron chi connectivity index (χ2n) is 6.24. The first-order valence-electron chi connectivity index (χ1n) is 8.18. The molecule has 0 bridgehead atoms. The lowest BCUT2D eigenvalue weighted by molar-refractivity contribution is 0.144. The SMILES string of the molecule is CNc1cccc2c1[C@H]1CNCCN1C[C@@H]2c1ccccc1.Cl.Cl. The third-order valence-corrected chi connectivity index (χ3v) is 5.09. The summed E-state index contributed by atoms with van der Waals surface area (Å²) in [6.45, 7) is 4.39. The number of hydrogen-bond acceptors (Lipinski definition) is 3. The zero-order chi connectivity index (χ0) is 14.9. The van der Waals surface area contributed by atoms with Crippen molar-refractivity contribution in [3.05, 3.63) is 65.2 Å². The maximum absolute atomic E-state index is 3.56. The second-order valence-corrected chi connectivity index (χ2v) is 6.24. The van der Waals surface area contributed by atoms with Gasteiger partial charge in [0, 0.05) is 50.9 Å². The third kappa shape index (κ3) is 3.27. The topological polar surface area (TPSA) is 27.3 Å². The fourth-order valence-electron chi connectivity index (χ4n) is 4.03. The summed E-state index contributed by atoms with van der Waals surface area (Å²) in [6.07, 6.45) is 0. The molecule has 0 amide bonds. The minimum atomic E-state index is 0. The number of anilines is 1. The van der Waals surface area contributed by atoms with Crippen molar-refractivity contribution in [2.24, 2.45) is 0 Å². The molecule has 24 heavy (non-hydrogen) atoms. The van der Waals surface area contributed by atoms with Gasteiger partial charge in [-0.2, -0.15) is 0 Å². The van der Waals surface area contributed by atoms with Gasteiger partial charge in [0.05, 0.1) is 0 Å². The van der Waals surface area contributed by atoms with Crippen LogP contribution in [-0.4, -0.2) is 38.1 Å². The lowest BCUT2D eigenvalue weighted by atomic mass is 9.80. The number of benzene rings is 2. The quantitative estimate of drug-likeness (QED) is 0.850. The van der Waals surface area contributed by atoms with Crippen LogP contribution in [0.5, 0.6) is 0 Å². The van der Waals surface area contributed by atoms with E-state index in [1.165, 1.54) is 22.4 Å². The summed E-state index contributed by atoms with van der Waals surface area (Å²) in [4.78, 5) is 2.65. The Morgan fingerprint density at radius 1 is 1.04 bits per heavy atom. The molecule has 5 heteroatoms. The van der Waals surface area contributed by atoms with Gasteiger partial charge >= 0.3 is 0 Å². The van der Waals surface area contributed by atoms with Crippen LogP contribution in [0.15, 0.2) is 48.5 Å². The number of nitrogens with one attached hydrogen (secondary N) is 2. The zero-order valence-corrected chi connectivity index (χ0v) is 15.5. The van der Waals surface area contributed by atoms with Crippen LogP contribution >= 0.6 is 24.8 Å². The maximum atomic E-state index is 3.56. The van der Waals surface area contributed by atoms with Gasteiger partial charge in [-0.1, -0.05) is 42.5 Å². The van der Waals surface area contributed by atoms with E-state index in [2.05, 4.69) is 64.1 Å². The van der Waals surface area contributed by atoms with E-state index in [1.54, 1.807) is 0 Å². The molecule has 1 fully saturated rings. The van der Waals surface area contributed by atoms with Crippen LogP contribution in [0, 0.1) is 0 Å². The van der Waals surface area contributed by atoms with Crippen LogP contribution in [0.25, 0.3) is 0 Å². The van der Waals surface area contributed by atoms with Crippen molar-refractivity contribution in [2.75, 3.05) is 38.5 Å². The highest BCUT2D eigenvalue weighted by molar-refractivity contribution is 5.85. The van der Waals surface area contributed by atoms with Crippen molar-refractivity contribution >= 4 is 30.5 Å². The van der Waals surface area contributed by atoms with Crippen LogP contribution in [0.3, 0.4) is 0 Å². The molecule has 3 nitrogen and oxygen atoms in total. The molecule has 2 aromatic rings. The number of nitrogens with zero attached hydrogens (tertiary/aromatic N) is 1. The van der Waals surface area contributed by atoms with Crippen molar-refractivity contribution in [2.45, 2.75) is 12.0 Å². The fourth-order valence-corrected chi connectivity index (χ4v) is 4.03. The number of hydrogen-bond donors (Lipinski definition) is 2. The zero-order valence-electron chi connectivity index (χ0n) is 13.9. The third-order valence-electron chi connectivity index (χ3n) is 5.09. The summed E-state index contributed by atoms with van der Waals surface area (Å²) in [5.41, 5.74) is 5.67. The van der Waals surface area contributed by atoms with E-state index in [9.17, 15) is 0 Å². The molecule has 2 aliphatic heterocycles. The summed E-state index contributed by atoms with van der Waals surface area (Å²) >= 11 is 0. The summed E-state index contributed by atoms with van der Waals surface area (Å²) < 4.78 is 0. The van der Waals surface area contributed by atoms with Gasteiger partial charge < -0.3 is 10.6 Å². The minimum Gasteiger partial charge on any atom is -0.388 e. The first kappa shape index (κ1) is 19.1. The Balaban J connectivity index is 0.00000104. The van der Waals surface area contributed by atoms with E-state index in [4.69, 9.17) is 0 Å². The van der Waals surface area contributed by atoms with Gasteiger partial charge in [-0.3, -0.25) is 4.90 Å². The van der Waals surface area contributed by atoms with E-state index < -0.39 is 0 Å². The molecule has 2 aromatic carbocycles. The van der Waals surface area contributed by atoms with Crippen LogP contribution < -0.4 is 10.6 Å². The second kappa shape index (κ2) is 8.21. The molecule has 0 radical (unpaired) electrons. The van der Waals surface area contributed by atoms with Crippen molar-refractivity contribution < 1.29 is 0 Å². The van der Waals surface area contributed by atoms with E-state index in [-0.39, 0.29) is 24.8 Å². The largest absolute Gasteiger partial charge is 0.388 e. The minimum absolute atomic E-state index is 0. The van der Waals surface area contributed by atoms with Gasteiger partial charge in [0.2, 0.25) is 0 Å². The fraction of sp³-hybridized carbons (Fsp3) is 0.368. The van der Waals surface area contributed by atoms with Crippen LogP contribution in [-0.2, 0) is 0 Å². The van der Waals surface area contributed by atoms with E-state index in [0.717, 1.165) is 26.2 Å². The highest BCUT2D eigenvalue weighted by Gasteiger charge is 2.36. The lowest BCUT2D eigenvalue weighted by Gasteiger charge is -2.45. The van der Waals surface area contributed by atoms with Crippen LogP contribution in [0.2, 0.25) is 0 Å². The Labute approximate surface area is 156 Å². The number of piperazine rings is 1. The monoisotopic (exact) mass is 365 g/mol. The molecule has 2 atom stereocenters. The van der Waals surface area contributed by atoms with Gasteiger partial charge in [-0.15, -0.1) is 24.8 Å². The van der Waals surface area contributed by atoms with E-state index >= 15 is 0 Å².